The lowest BCUT2D eigenvalue weighted by Gasteiger charge is -2.36. The number of para-hydroxylation sites is 2. The first-order valence-corrected chi connectivity index (χ1v) is 11.0. The third-order valence-corrected chi connectivity index (χ3v) is 6.40. The van der Waals surface area contributed by atoms with E-state index < -0.39 is 0 Å². The fraction of sp³-hybridized carbons (Fsp3) is 0.148. The van der Waals surface area contributed by atoms with Crippen LogP contribution in [0.1, 0.15) is 33.4 Å². The Morgan fingerprint density at radius 2 is 1.82 bits per heavy atom. The molecule has 0 saturated carbocycles. The molecular formula is C27H22N4O2. The molecule has 1 N–H and O–H groups in total. The van der Waals surface area contributed by atoms with E-state index >= 15 is 0 Å². The molecule has 33 heavy (non-hydrogen) atoms. The van der Waals surface area contributed by atoms with Gasteiger partial charge in [0.05, 0.1) is 23.9 Å². The topological polar surface area (TPSA) is 71.1 Å². The van der Waals surface area contributed by atoms with Gasteiger partial charge in [-0.1, -0.05) is 42.5 Å². The molecule has 162 valence electrons. The molecule has 6 rings (SSSR count). The van der Waals surface area contributed by atoms with Crippen LogP contribution in [0.25, 0.3) is 21.8 Å². The predicted molar refractivity (Wildman–Crippen MR) is 127 cm³/mol. The number of pyridine rings is 2. The molecule has 0 saturated heterocycles. The van der Waals surface area contributed by atoms with Gasteiger partial charge in [-0.25, -0.2) is 4.98 Å². The predicted octanol–water partition coefficient (Wildman–Crippen LogP) is 4.91. The second-order valence-electron chi connectivity index (χ2n) is 8.20. The molecule has 3 aromatic heterocycles. The summed E-state index contributed by atoms with van der Waals surface area (Å²) in [5.41, 5.74) is 5.51. The minimum Gasteiger partial charge on any atom is -0.481 e. The van der Waals surface area contributed by atoms with Crippen molar-refractivity contribution >= 4 is 27.7 Å². The smallest absolute Gasteiger partial charge is 0.255 e. The number of fused-ring (bicyclic) bond motifs is 4. The molecule has 1 aliphatic heterocycles. The minimum absolute atomic E-state index is 0.0631. The first-order valence-electron chi connectivity index (χ1n) is 11.0. The Kier molecular flexibility index (Phi) is 4.57. The Morgan fingerprint density at radius 3 is 2.64 bits per heavy atom. The van der Waals surface area contributed by atoms with E-state index in [4.69, 9.17) is 4.74 Å². The van der Waals surface area contributed by atoms with Crippen LogP contribution in [0.5, 0.6) is 5.88 Å². The molecule has 5 aromatic rings. The van der Waals surface area contributed by atoms with Crippen molar-refractivity contribution in [1.29, 1.82) is 0 Å². The van der Waals surface area contributed by atoms with Gasteiger partial charge in [0, 0.05) is 40.8 Å². The quantitative estimate of drug-likeness (QED) is 0.438. The van der Waals surface area contributed by atoms with E-state index in [9.17, 15) is 4.79 Å². The van der Waals surface area contributed by atoms with Gasteiger partial charge < -0.3 is 14.6 Å². The number of ether oxygens (including phenoxy) is 1. The summed E-state index contributed by atoms with van der Waals surface area (Å²) in [5.74, 6) is 0.363. The van der Waals surface area contributed by atoms with Gasteiger partial charge in [0.15, 0.2) is 0 Å². The molecule has 0 aliphatic carbocycles. The third kappa shape index (κ3) is 3.14. The van der Waals surface area contributed by atoms with Gasteiger partial charge in [0.1, 0.15) is 6.04 Å². The van der Waals surface area contributed by atoms with Crippen molar-refractivity contribution in [2.45, 2.75) is 12.5 Å². The number of methoxy groups -OCH3 is 1. The van der Waals surface area contributed by atoms with E-state index in [1.807, 2.05) is 53.4 Å². The summed E-state index contributed by atoms with van der Waals surface area (Å²) < 4.78 is 5.41. The molecule has 1 atom stereocenters. The van der Waals surface area contributed by atoms with Crippen LogP contribution in [0.15, 0.2) is 79.0 Å². The number of hydrogen-bond donors (Lipinski definition) is 1. The normalized spacial score (nSPS) is 15.5. The highest BCUT2D eigenvalue weighted by Gasteiger charge is 2.36. The van der Waals surface area contributed by atoms with E-state index in [-0.39, 0.29) is 11.9 Å². The van der Waals surface area contributed by atoms with Gasteiger partial charge in [-0.05, 0) is 36.2 Å². The number of benzene rings is 2. The molecule has 4 heterocycles. The van der Waals surface area contributed by atoms with Gasteiger partial charge in [-0.2, -0.15) is 0 Å². The maximum absolute atomic E-state index is 14.1. The lowest BCUT2D eigenvalue weighted by atomic mass is 9.93. The molecule has 6 heteroatoms. The Morgan fingerprint density at radius 1 is 1.03 bits per heavy atom. The maximum Gasteiger partial charge on any atom is 0.255 e. The largest absolute Gasteiger partial charge is 0.481 e. The number of carbonyl (C=O) groups is 1. The highest BCUT2D eigenvalue weighted by molar-refractivity contribution is 6.07. The summed E-state index contributed by atoms with van der Waals surface area (Å²) in [5, 5.41) is 2.02. The summed E-state index contributed by atoms with van der Waals surface area (Å²) in [7, 11) is 1.57. The molecule has 1 amide bonds. The van der Waals surface area contributed by atoms with E-state index in [1.54, 1.807) is 19.4 Å². The minimum atomic E-state index is -0.312. The molecule has 0 unspecified atom stereocenters. The van der Waals surface area contributed by atoms with Gasteiger partial charge in [0.2, 0.25) is 5.88 Å². The first kappa shape index (κ1) is 19.5. The van der Waals surface area contributed by atoms with Crippen molar-refractivity contribution < 1.29 is 9.53 Å². The molecule has 0 fully saturated rings. The average molecular weight is 434 g/mol. The van der Waals surface area contributed by atoms with Crippen LogP contribution < -0.4 is 4.74 Å². The van der Waals surface area contributed by atoms with Crippen LogP contribution in [0.4, 0.5) is 0 Å². The molecule has 2 aromatic carbocycles. The number of rotatable bonds is 3. The summed E-state index contributed by atoms with van der Waals surface area (Å²) >= 11 is 0. The van der Waals surface area contributed by atoms with E-state index in [1.165, 1.54) is 10.9 Å². The van der Waals surface area contributed by atoms with Crippen LogP contribution in [0, 0.1) is 0 Å². The summed E-state index contributed by atoms with van der Waals surface area (Å²) in [4.78, 5) is 28.8. The molecular weight excluding hydrogens is 412 g/mol. The fourth-order valence-corrected chi connectivity index (χ4v) is 4.89. The Bertz CT molecular complexity index is 1490. The van der Waals surface area contributed by atoms with Gasteiger partial charge >= 0.3 is 0 Å². The second-order valence-corrected chi connectivity index (χ2v) is 8.20. The number of amides is 1. The number of hydrogen-bond acceptors (Lipinski definition) is 4. The van der Waals surface area contributed by atoms with Gasteiger partial charge in [-0.3, -0.25) is 9.78 Å². The zero-order chi connectivity index (χ0) is 22.4. The Hall–Kier alpha value is -4.19. The average Bonchev–Trinajstić information content (AvgIpc) is 3.26. The third-order valence-electron chi connectivity index (χ3n) is 6.40. The van der Waals surface area contributed by atoms with Crippen LogP contribution >= 0.6 is 0 Å². The second kappa shape index (κ2) is 7.74. The molecule has 0 radical (unpaired) electrons. The number of carbonyl (C=O) groups excluding carboxylic acids is 1. The van der Waals surface area contributed by atoms with Gasteiger partial charge in [0.25, 0.3) is 5.91 Å². The maximum atomic E-state index is 14.1. The van der Waals surface area contributed by atoms with E-state index in [0.29, 0.717) is 18.0 Å². The standard InChI is InChI=1S/C27H22N4O2/c1-33-24-16-20(18-9-3-4-10-21(18)29-24)27(32)31-15-13-19-17-8-2-5-11-22(17)30-25(19)26(31)23-12-6-7-14-28-23/h2-12,14,16,26,30H,13,15H2,1H3/t26-/m1/s1. The number of aromatic amines is 1. The van der Waals surface area contributed by atoms with Crippen molar-refractivity contribution in [3.05, 3.63) is 102 Å². The number of H-pyrrole nitrogens is 1. The Balaban J connectivity index is 1.54. The zero-order valence-corrected chi connectivity index (χ0v) is 18.2. The fourth-order valence-electron chi connectivity index (χ4n) is 4.89. The van der Waals surface area contributed by atoms with Crippen LogP contribution in [0.2, 0.25) is 0 Å². The lowest BCUT2D eigenvalue weighted by molar-refractivity contribution is 0.0690. The van der Waals surface area contributed by atoms with Crippen LogP contribution in [-0.2, 0) is 6.42 Å². The van der Waals surface area contributed by atoms with Crippen molar-refractivity contribution in [3.8, 4) is 5.88 Å². The zero-order valence-electron chi connectivity index (χ0n) is 18.2. The van der Waals surface area contributed by atoms with Crippen molar-refractivity contribution in [2.24, 2.45) is 0 Å². The first-order chi connectivity index (χ1) is 16.2. The molecule has 1 aliphatic rings. The molecule has 0 bridgehead atoms. The van der Waals surface area contributed by atoms with Crippen molar-refractivity contribution in [2.75, 3.05) is 13.7 Å². The van der Waals surface area contributed by atoms with E-state index in [2.05, 4.69) is 33.2 Å². The molecule has 6 nitrogen and oxygen atoms in total. The van der Waals surface area contributed by atoms with Crippen molar-refractivity contribution in [1.82, 2.24) is 19.9 Å². The monoisotopic (exact) mass is 434 g/mol. The number of nitrogens with zero attached hydrogens (tertiary/aromatic N) is 3. The number of nitrogens with one attached hydrogen (secondary N) is 1. The summed E-state index contributed by atoms with van der Waals surface area (Å²) in [6.45, 7) is 0.591. The van der Waals surface area contributed by atoms with Crippen LogP contribution in [-0.4, -0.2) is 39.4 Å². The Labute approximate surface area is 190 Å². The SMILES string of the molecule is COc1cc(C(=O)N2CCc3c([nH]c4ccccc34)[C@H]2c2ccccn2)c2ccccc2n1. The van der Waals surface area contributed by atoms with Crippen LogP contribution in [0.3, 0.4) is 0 Å². The molecule has 0 spiro atoms. The highest BCUT2D eigenvalue weighted by Crippen LogP contribution is 2.39. The summed E-state index contributed by atoms with van der Waals surface area (Å²) in [6, 6.07) is 23.2. The lowest BCUT2D eigenvalue weighted by Crippen LogP contribution is -2.41. The van der Waals surface area contributed by atoms with E-state index in [0.717, 1.165) is 34.2 Å². The highest BCUT2D eigenvalue weighted by atomic mass is 16.5. The van der Waals surface area contributed by atoms with Crippen molar-refractivity contribution in [3.63, 3.8) is 0 Å². The number of aromatic nitrogens is 3. The summed E-state index contributed by atoms with van der Waals surface area (Å²) in [6.07, 6.45) is 2.55. The van der Waals surface area contributed by atoms with Gasteiger partial charge in [-0.15, -0.1) is 0 Å².